The molecule has 0 aliphatic heterocycles. The molecule has 0 rings (SSSR count). The van der Waals surface area contributed by atoms with Crippen LogP contribution >= 0.6 is 0 Å². The van der Waals surface area contributed by atoms with E-state index in [1.165, 1.54) is 7.11 Å². The number of rotatable bonds is 3. The summed E-state index contributed by atoms with van der Waals surface area (Å²) in [5.74, 6) is 0. The molecule has 0 aromatic rings. The van der Waals surface area contributed by atoms with Gasteiger partial charge in [0.2, 0.25) is 0 Å². The molecule has 0 bridgehead atoms. The first-order valence-electron chi connectivity index (χ1n) is 5.97. The van der Waals surface area contributed by atoms with E-state index < -0.39 is 0 Å². The fraction of sp³-hybridized carbons (Fsp3) is 0.923. The topological polar surface area (TPSA) is 38.8 Å². The zero-order chi connectivity index (χ0) is 13.9. The van der Waals surface area contributed by atoms with E-state index in [2.05, 4.69) is 20.8 Å². The average Bonchev–Trinajstić information content (AvgIpc) is 2.13. The summed E-state index contributed by atoms with van der Waals surface area (Å²) >= 11 is 0. The number of carbonyl (C=O) groups is 1. The molecule has 0 N–H and O–H groups in total. The summed E-state index contributed by atoms with van der Waals surface area (Å²) in [6.07, 6.45) is -0.296. The van der Waals surface area contributed by atoms with Crippen molar-refractivity contribution in [3.63, 3.8) is 0 Å². The van der Waals surface area contributed by atoms with Crippen LogP contribution in [0.15, 0.2) is 0 Å². The summed E-state index contributed by atoms with van der Waals surface area (Å²) < 4.78 is 10.5. The maximum absolute atomic E-state index is 11.6. The Morgan fingerprint density at radius 2 is 1.65 bits per heavy atom. The summed E-state index contributed by atoms with van der Waals surface area (Å²) in [7, 11) is 1.38. The molecule has 0 aromatic heterocycles. The van der Waals surface area contributed by atoms with Gasteiger partial charge in [0.05, 0.1) is 13.2 Å². The SMILES string of the molecule is COC(=O)N(COC(C)C(C)(C)C)C(C)(C)C. The molecule has 0 heterocycles. The van der Waals surface area contributed by atoms with Crippen molar-refractivity contribution in [2.45, 2.75) is 60.1 Å². The number of ether oxygens (including phenoxy) is 2. The quantitative estimate of drug-likeness (QED) is 0.716. The summed E-state index contributed by atoms with van der Waals surface area (Å²) in [4.78, 5) is 13.2. The van der Waals surface area contributed by atoms with Crippen molar-refractivity contribution >= 4 is 6.09 Å². The Morgan fingerprint density at radius 1 is 1.18 bits per heavy atom. The van der Waals surface area contributed by atoms with Crippen LogP contribution in [0.2, 0.25) is 0 Å². The monoisotopic (exact) mass is 245 g/mol. The van der Waals surface area contributed by atoms with Crippen LogP contribution < -0.4 is 0 Å². The van der Waals surface area contributed by atoms with Crippen LogP contribution in [0.3, 0.4) is 0 Å². The normalized spacial score (nSPS) is 14.4. The molecule has 1 atom stereocenters. The zero-order valence-corrected chi connectivity index (χ0v) is 12.5. The molecular weight excluding hydrogens is 218 g/mol. The van der Waals surface area contributed by atoms with E-state index in [1.807, 2.05) is 27.7 Å². The minimum Gasteiger partial charge on any atom is -0.453 e. The maximum atomic E-state index is 11.6. The number of carbonyl (C=O) groups excluding carboxylic acids is 1. The number of hydrogen-bond acceptors (Lipinski definition) is 3. The van der Waals surface area contributed by atoms with Crippen LogP contribution in [-0.4, -0.2) is 36.5 Å². The molecule has 4 heteroatoms. The Hall–Kier alpha value is -0.770. The van der Waals surface area contributed by atoms with Crippen molar-refractivity contribution in [3.05, 3.63) is 0 Å². The van der Waals surface area contributed by atoms with Gasteiger partial charge in [-0.15, -0.1) is 0 Å². The predicted molar refractivity (Wildman–Crippen MR) is 68.9 cm³/mol. The maximum Gasteiger partial charge on any atom is 0.411 e. The molecule has 0 fully saturated rings. The van der Waals surface area contributed by atoms with Gasteiger partial charge in [0.1, 0.15) is 6.73 Å². The van der Waals surface area contributed by atoms with Gasteiger partial charge < -0.3 is 9.47 Å². The standard InChI is InChI=1S/C13H27NO3/c1-10(12(2,3)4)17-9-14(11(15)16-8)13(5,6)7/h10H,9H2,1-8H3. The first kappa shape index (κ1) is 16.2. The van der Waals surface area contributed by atoms with Gasteiger partial charge in [-0.05, 0) is 33.1 Å². The van der Waals surface area contributed by atoms with Crippen molar-refractivity contribution in [1.29, 1.82) is 0 Å². The van der Waals surface area contributed by atoms with E-state index in [0.717, 1.165) is 0 Å². The van der Waals surface area contributed by atoms with Gasteiger partial charge in [-0.25, -0.2) is 4.79 Å². The van der Waals surface area contributed by atoms with E-state index in [1.54, 1.807) is 4.90 Å². The van der Waals surface area contributed by atoms with Crippen LogP contribution in [0.1, 0.15) is 48.5 Å². The predicted octanol–water partition coefficient (Wildman–Crippen LogP) is 3.26. The molecule has 0 saturated heterocycles. The van der Waals surface area contributed by atoms with E-state index >= 15 is 0 Å². The van der Waals surface area contributed by atoms with Crippen molar-refractivity contribution in [2.24, 2.45) is 5.41 Å². The molecule has 0 aliphatic carbocycles. The highest BCUT2D eigenvalue weighted by Gasteiger charge is 2.29. The summed E-state index contributed by atoms with van der Waals surface area (Å²) in [5.41, 5.74) is -0.260. The molecular formula is C13H27NO3. The smallest absolute Gasteiger partial charge is 0.411 e. The van der Waals surface area contributed by atoms with Crippen LogP contribution in [0, 0.1) is 5.41 Å². The average molecular weight is 245 g/mol. The van der Waals surface area contributed by atoms with E-state index in [4.69, 9.17) is 9.47 Å². The summed E-state index contributed by atoms with van der Waals surface area (Å²) in [6, 6.07) is 0. The zero-order valence-electron chi connectivity index (χ0n) is 12.5. The lowest BCUT2D eigenvalue weighted by molar-refractivity contribution is -0.0747. The highest BCUT2D eigenvalue weighted by molar-refractivity contribution is 5.68. The Labute approximate surface area is 105 Å². The van der Waals surface area contributed by atoms with Gasteiger partial charge in [0.15, 0.2) is 0 Å². The van der Waals surface area contributed by atoms with Crippen molar-refractivity contribution in [2.75, 3.05) is 13.8 Å². The van der Waals surface area contributed by atoms with E-state index in [0.29, 0.717) is 0 Å². The lowest BCUT2D eigenvalue weighted by atomic mass is 9.90. The van der Waals surface area contributed by atoms with Crippen molar-refractivity contribution in [1.82, 2.24) is 4.90 Å². The highest BCUT2D eigenvalue weighted by atomic mass is 16.6. The number of hydrogen-bond donors (Lipinski definition) is 0. The third-order valence-corrected chi connectivity index (χ3v) is 2.88. The number of methoxy groups -OCH3 is 1. The Morgan fingerprint density at radius 3 is 1.94 bits per heavy atom. The highest BCUT2D eigenvalue weighted by Crippen LogP contribution is 2.23. The minimum absolute atomic E-state index is 0.0552. The molecule has 0 aliphatic rings. The minimum atomic E-state index is -0.362. The Kier molecular flexibility index (Phi) is 5.46. The van der Waals surface area contributed by atoms with Crippen molar-refractivity contribution < 1.29 is 14.3 Å². The summed E-state index contributed by atoms with van der Waals surface area (Å²) in [5, 5.41) is 0. The number of nitrogens with zero attached hydrogens (tertiary/aromatic N) is 1. The first-order chi connectivity index (χ1) is 7.50. The van der Waals surface area contributed by atoms with Gasteiger partial charge in [-0.1, -0.05) is 20.8 Å². The second-order valence-electron chi connectivity index (χ2n) is 6.37. The van der Waals surface area contributed by atoms with Crippen molar-refractivity contribution in [3.8, 4) is 0 Å². The fourth-order valence-corrected chi connectivity index (χ4v) is 1.07. The second kappa shape index (κ2) is 5.71. The van der Waals surface area contributed by atoms with Crippen LogP contribution in [0.5, 0.6) is 0 Å². The second-order valence-corrected chi connectivity index (χ2v) is 6.37. The largest absolute Gasteiger partial charge is 0.453 e. The van der Waals surface area contributed by atoms with E-state index in [-0.39, 0.29) is 29.9 Å². The van der Waals surface area contributed by atoms with Gasteiger partial charge in [0.25, 0.3) is 0 Å². The Bertz CT molecular complexity index is 250. The molecule has 102 valence electrons. The van der Waals surface area contributed by atoms with Crippen LogP contribution in [-0.2, 0) is 9.47 Å². The number of amides is 1. The molecule has 17 heavy (non-hydrogen) atoms. The van der Waals surface area contributed by atoms with E-state index in [9.17, 15) is 4.79 Å². The van der Waals surface area contributed by atoms with Gasteiger partial charge >= 0.3 is 6.09 Å². The summed E-state index contributed by atoms with van der Waals surface area (Å²) in [6.45, 7) is 14.4. The third kappa shape index (κ3) is 5.39. The lowest BCUT2D eigenvalue weighted by Crippen LogP contribution is -2.48. The molecule has 1 unspecified atom stereocenters. The van der Waals surface area contributed by atoms with Gasteiger partial charge in [-0.2, -0.15) is 0 Å². The van der Waals surface area contributed by atoms with Crippen LogP contribution in [0.4, 0.5) is 4.79 Å². The lowest BCUT2D eigenvalue weighted by Gasteiger charge is -2.36. The molecule has 0 saturated carbocycles. The van der Waals surface area contributed by atoms with Gasteiger partial charge in [-0.3, -0.25) is 4.90 Å². The molecule has 4 nitrogen and oxygen atoms in total. The fourth-order valence-electron chi connectivity index (χ4n) is 1.07. The molecule has 0 aromatic carbocycles. The molecule has 0 spiro atoms. The van der Waals surface area contributed by atoms with Gasteiger partial charge in [0, 0.05) is 5.54 Å². The Balaban J connectivity index is 4.54. The molecule has 0 radical (unpaired) electrons. The first-order valence-corrected chi connectivity index (χ1v) is 5.97. The van der Waals surface area contributed by atoms with Crippen LogP contribution in [0.25, 0.3) is 0 Å². The molecule has 1 amide bonds. The third-order valence-electron chi connectivity index (χ3n) is 2.88.